The largest absolute Gasteiger partial charge is 0.489 e. The van der Waals surface area contributed by atoms with Crippen LogP contribution in [0.4, 0.5) is 0 Å². The monoisotopic (exact) mass is 406 g/mol. The van der Waals surface area contributed by atoms with Crippen molar-refractivity contribution in [2.24, 2.45) is 5.10 Å². The van der Waals surface area contributed by atoms with E-state index in [0.717, 1.165) is 40.5 Å². The van der Waals surface area contributed by atoms with Crippen molar-refractivity contribution in [3.63, 3.8) is 0 Å². The molecule has 3 aromatic rings. The number of aryl methyl sites for hydroxylation is 1. The fraction of sp³-hybridized carbons (Fsp3) is 0.217. The molecule has 0 saturated carbocycles. The molecular weight excluding hydrogens is 380 g/mol. The van der Waals surface area contributed by atoms with Crippen LogP contribution in [0.1, 0.15) is 29.4 Å². The Bertz CT molecular complexity index is 978. The number of aromatic nitrogens is 1. The highest BCUT2D eigenvalue weighted by Gasteiger charge is 2.09. The van der Waals surface area contributed by atoms with Crippen LogP contribution in [0.5, 0.6) is 5.75 Å². The maximum Gasteiger partial charge on any atom is 0.186 e. The lowest BCUT2D eigenvalue weighted by Gasteiger charge is -2.11. The summed E-state index contributed by atoms with van der Waals surface area (Å²) in [6.07, 6.45) is 1.79. The van der Waals surface area contributed by atoms with Crippen molar-refractivity contribution in [1.82, 2.24) is 15.3 Å². The van der Waals surface area contributed by atoms with E-state index >= 15 is 0 Å². The Kier molecular flexibility index (Phi) is 7.03. The van der Waals surface area contributed by atoms with Gasteiger partial charge in [-0.1, -0.05) is 30.3 Å². The van der Waals surface area contributed by atoms with Crippen LogP contribution in [-0.2, 0) is 6.61 Å². The number of hydrogen-bond acceptors (Lipinski definition) is 3. The van der Waals surface area contributed by atoms with Gasteiger partial charge in [0.1, 0.15) is 12.4 Å². The number of rotatable bonds is 7. The SMILES string of the molecule is CCNC(=S)N/N=C\c1cc(C)n(-c2ccc(OCc3ccccc3)cc2)c1C. The van der Waals surface area contributed by atoms with E-state index in [1.165, 1.54) is 0 Å². The lowest BCUT2D eigenvalue weighted by Crippen LogP contribution is -2.31. The summed E-state index contributed by atoms with van der Waals surface area (Å²) in [5.41, 5.74) is 8.35. The molecule has 0 unspecified atom stereocenters. The Morgan fingerprint density at radius 2 is 1.83 bits per heavy atom. The molecule has 2 aromatic carbocycles. The lowest BCUT2D eigenvalue weighted by atomic mass is 10.2. The Morgan fingerprint density at radius 3 is 2.52 bits per heavy atom. The van der Waals surface area contributed by atoms with E-state index in [4.69, 9.17) is 17.0 Å². The molecular formula is C23H26N4OS. The van der Waals surface area contributed by atoms with E-state index in [0.29, 0.717) is 11.7 Å². The number of hydrogen-bond donors (Lipinski definition) is 2. The molecule has 0 radical (unpaired) electrons. The van der Waals surface area contributed by atoms with Crippen molar-refractivity contribution >= 4 is 23.5 Å². The summed E-state index contributed by atoms with van der Waals surface area (Å²) in [7, 11) is 0. The molecule has 0 saturated heterocycles. The predicted molar refractivity (Wildman–Crippen MR) is 123 cm³/mol. The van der Waals surface area contributed by atoms with Crippen molar-refractivity contribution in [3.8, 4) is 11.4 Å². The second kappa shape index (κ2) is 9.89. The van der Waals surface area contributed by atoms with Gasteiger partial charge >= 0.3 is 0 Å². The van der Waals surface area contributed by atoms with Gasteiger partial charge in [-0.3, -0.25) is 5.43 Å². The zero-order valence-electron chi connectivity index (χ0n) is 17.0. The lowest BCUT2D eigenvalue weighted by molar-refractivity contribution is 0.306. The first-order valence-corrected chi connectivity index (χ1v) is 10.0. The predicted octanol–water partition coefficient (Wildman–Crippen LogP) is 4.49. The number of nitrogens with one attached hydrogen (secondary N) is 2. The third kappa shape index (κ3) is 5.45. The molecule has 0 atom stereocenters. The smallest absolute Gasteiger partial charge is 0.186 e. The van der Waals surface area contributed by atoms with Gasteiger partial charge in [0, 0.05) is 29.2 Å². The summed E-state index contributed by atoms with van der Waals surface area (Å²) in [4.78, 5) is 0. The highest BCUT2D eigenvalue weighted by Crippen LogP contribution is 2.22. The Morgan fingerprint density at radius 1 is 1.10 bits per heavy atom. The average Bonchev–Trinajstić information content (AvgIpc) is 3.01. The summed E-state index contributed by atoms with van der Waals surface area (Å²) < 4.78 is 8.09. The summed E-state index contributed by atoms with van der Waals surface area (Å²) in [6.45, 7) is 7.48. The maximum absolute atomic E-state index is 5.89. The van der Waals surface area contributed by atoms with Crippen LogP contribution in [0.25, 0.3) is 5.69 Å². The molecule has 0 aliphatic heterocycles. The molecule has 0 bridgehead atoms. The molecule has 150 valence electrons. The summed E-state index contributed by atoms with van der Waals surface area (Å²) in [5.74, 6) is 0.850. The second-order valence-electron chi connectivity index (χ2n) is 6.66. The quantitative estimate of drug-likeness (QED) is 0.345. The van der Waals surface area contributed by atoms with Crippen LogP contribution >= 0.6 is 12.2 Å². The fourth-order valence-electron chi connectivity index (χ4n) is 3.11. The van der Waals surface area contributed by atoms with Gasteiger partial charge in [0.15, 0.2) is 5.11 Å². The van der Waals surface area contributed by atoms with Gasteiger partial charge in [-0.2, -0.15) is 5.10 Å². The van der Waals surface area contributed by atoms with Gasteiger partial charge in [-0.05, 0) is 68.9 Å². The highest BCUT2D eigenvalue weighted by molar-refractivity contribution is 7.80. The molecule has 5 nitrogen and oxygen atoms in total. The van der Waals surface area contributed by atoms with Crippen LogP contribution in [0.15, 0.2) is 65.8 Å². The topological polar surface area (TPSA) is 50.6 Å². The van der Waals surface area contributed by atoms with E-state index < -0.39 is 0 Å². The van der Waals surface area contributed by atoms with Crippen molar-refractivity contribution in [2.75, 3.05) is 6.54 Å². The molecule has 6 heteroatoms. The summed E-state index contributed by atoms with van der Waals surface area (Å²) >= 11 is 5.12. The van der Waals surface area contributed by atoms with Gasteiger partial charge in [-0.25, -0.2) is 0 Å². The number of ether oxygens (including phenoxy) is 1. The molecule has 0 aliphatic carbocycles. The minimum Gasteiger partial charge on any atom is -0.489 e. The molecule has 1 aromatic heterocycles. The minimum atomic E-state index is 0.517. The maximum atomic E-state index is 5.89. The molecule has 3 rings (SSSR count). The molecule has 0 spiro atoms. The highest BCUT2D eigenvalue weighted by atomic mass is 32.1. The van der Waals surface area contributed by atoms with Gasteiger partial charge in [0.05, 0.1) is 6.21 Å². The molecule has 29 heavy (non-hydrogen) atoms. The van der Waals surface area contributed by atoms with E-state index in [9.17, 15) is 0 Å². The first-order chi connectivity index (χ1) is 14.1. The average molecular weight is 407 g/mol. The van der Waals surface area contributed by atoms with Gasteiger partial charge in [0.2, 0.25) is 0 Å². The number of benzene rings is 2. The second-order valence-corrected chi connectivity index (χ2v) is 7.07. The Balaban J connectivity index is 1.69. The number of hydrazone groups is 1. The third-order valence-electron chi connectivity index (χ3n) is 4.52. The van der Waals surface area contributed by atoms with Crippen molar-refractivity contribution in [3.05, 3.63) is 83.2 Å². The van der Waals surface area contributed by atoms with Crippen LogP contribution in [0, 0.1) is 13.8 Å². The van der Waals surface area contributed by atoms with Crippen molar-refractivity contribution in [2.45, 2.75) is 27.4 Å². The number of nitrogens with zero attached hydrogens (tertiary/aromatic N) is 2. The van der Waals surface area contributed by atoms with Crippen LogP contribution in [-0.4, -0.2) is 22.4 Å². The first kappa shape index (κ1) is 20.6. The summed E-state index contributed by atoms with van der Waals surface area (Å²) in [6, 6.07) is 20.4. The standard InChI is InChI=1S/C23H26N4OS/c1-4-24-23(29)26-25-15-20-14-17(2)27(18(20)3)21-10-12-22(13-11-21)28-16-19-8-6-5-7-9-19/h5-15H,4,16H2,1-3H3,(H2,24,26,29)/b25-15-. The fourth-order valence-corrected chi connectivity index (χ4v) is 3.31. The van der Waals surface area contributed by atoms with Crippen LogP contribution < -0.4 is 15.5 Å². The third-order valence-corrected chi connectivity index (χ3v) is 4.76. The first-order valence-electron chi connectivity index (χ1n) is 9.61. The van der Waals surface area contributed by atoms with Crippen molar-refractivity contribution in [1.29, 1.82) is 0 Å². The van der Waals surface area contributed by atoms with Crippen molar-refractivity contribution < 1.29 is 4.74 Å². The zero-order chi connectivity index (χ0) is 20.6. The van der Waals surface area contributed by atoms with E-state index in [-0.39, 0.29) is 0 Å². The molecule has 2 N–H and O–H groups in total. The Hall–Kier alpha value is -3.12. The number of thiocarbonyl (C=S) groups is 1. The molecule has 0 amide bonds. The van der Waals surface area contributed by atoms with Crippen LogP contribution in [0.3, 0.4) is 0 Å². The molecule has 1 heterocycles. The normalized spacial score (nSPS) is 10.9. The molecule has 0 aliphatic rings. The van der Waals surface area contributed by atoms with Gasteiger partial charge in [-0.15, -0.1) is 0 Å². The minimum absolute atomic E-state index is 0.517. The van der Waals surface area contributed by atoms with Crippen LogP contribution in [0.2, 0.25) is 0 Å². The van der Waals surface area contributed by atoms with E-state index in [1.807, 2.05) is 37.3 Å². The molecule has 0 fully saturated rings. The summed E-state index contributed by atoms with van der Waals surface area (Å²) in [5, 5.41) is 7.75. The van der Waals surface area contributed by atoms with Gasteiger partial charge < -0.3 is 14.6 Å². The van der Waals surface area contributed by atoms with Gasteiger partial charge in [0.25, 0.3) is 0 Å². The van der Waals surface area contributed by atoms with E-state index in [2.05, 4.69) is 64.6 Å². The zero-order valence-corrected chi connectivity index (χ0v) is 17.8. The van der Waals surface area contributed by atoms with E-state index in [1.54, 1.807) is 6.21 Å². The Labute approximate surface area is 177 Å².